The standard InChI is InChI=1S/C20H21N3O5S2/c1-28-15-6-4-5-14(13-15)20(18(24)22-30(25,26)27)9-11-23(12-10-20)19-21-16-7-2-3-8-17(16)29-19/h2-8,13H,9-12H2,1H3,(H,22,24)(H,25,26,27)/p-1. The molecule has 1 aliphatic rings. The molecule has 0 aliphatic carbocycles. The summed E-state index contributed by atoms with van der Waals surface area (Å²) < 4.78 is 41.7. The number of thiazole rings is 1. The summed E-state index contributed by atoms with van der Waals surface area (Å²) in [6.07, 6.45) is 0.662. The summed E-state index contributed by atoms with van der Waals surface area (Å²) in [6, 6.07) is 14.8. The summed E-state index contributed by atoms with van der Waals surface area (Å²) in [7, 11) is -3.40. The van der Waals surface area contributed by atoms with Crippen LogP contribution in [0.25, 0.3) is 10.2 Å². The summed E-state index contributed by atoms with van der Waals surface area (Å²) >= 11 is 1.57. The van der Waals surface area contributed by atoms with Gasteiger partial charge in [-0.3, -0.25) is 9.52 Å². The first-order valence-corrected chi connectivity index (χ1v) is 11.6. The fraction of sp³-hybridized carbons (Fsp3) is 0.300. The van der Waals surface area contributed by atoms with E-state index in [1.54, 1.807) is 40.3 Å². The van der Waals surface area contributed by atoms with Gasteiger partial charge in [0.2, 0.25) is 5.91 Å². The predicted octanol–water partition coefficient (Wildman–Crippen LogP) is 2.42. The van der Waals surface area contributed by atoms with Crippen molar-refractivity contribution in [2.75, 3.05) is 25.1 Å². The zero-order chi connectivity index (χ0) is 21.4. The first-order chi connectivity index (χ1) is 14.3. The van der Waals surface area contributed by atoms with Crippen LogP contribution in [-0.4, -0.2) is 44.1 Å². The number of para-hydroxylation sites is 1. The Labute approximate surface area is 178 Å². The highest BCUT2D eigenvalue weighted by atomic mass is 32.2. The molecule has 0 saturated carbocycles. The summed E-state index contributed by atoms with van der Waals surface area (Å²) in [5, 5.41) is 0.854. The number of aromatic nitrogens is 1. The smallest absolute Gasteiger partial charge is 0.243 e. The molecule has 10 heteroatoms. The van der Waals surface area contributed by atoms with Crippen LogP contribution in [0.2, 0.25) is 0 Å². The molecule has 4 rings (SSSR count). The Kier molecular flexibility index (Phi) is 5.39. The lowest BCUT2D eigenvalue weighted by Gasteiger charge is -2.41. The number of carbonyl (C=O) groups is 1. The van der Waals surface area contributed by atoms with Gasteiger partial charge in [0.15, 0.2) is 15.4 Å². The van der Waals surface area contributed by atoms with E-state index in [0.29, 0.717) is 37.2 Å². The van der Waals surface area contributed by atoms with E-state index in [-0.39, 0.29) is 0 Å². The average molecular weight is 447 g/mol. The van der Waals surface area contributed by atoms with Crippen molar-refractivity contribution in [1.82, 2.24) is 9.71 Å². The number of anilines is 1. The lowest BCUT2D eigenvalue weighted by atomic mass is 9.72. The van der Waals surface area contributed by atoms with Crippen LogP contribution in [0.1, 0.15) is 18.4 Å². The largest absolute Gasteiger partial charge is 0.731 e. The molecule has 8 nitrogen and oxygen atoms in total. The van der Waals surface area contributed by atoms with Gasteiger partial charge in [0.25, 0.3) is 0 Å². The SMILES string of the molecule is COc1cccc(C2(C(=O)NS(=O)(=O)[O-])CCN(c3nc4ccccc4s3)CC2)c1. The Morgan fingerprint density at radius 3 is 2.60 bits per heavy atom. The van der Waals surface area contributed by atoms with Crippen LogP contribution < -0.4 is 14.4 Å². The number of nitrogens with one attached hydrogen (secondary N) is 1. The lowest BCUT2D eigenvalue weighted by molar-refractivity contribution is -0.125. The topological polar surface area (TPSA) is 112 Å². The second-order valence-corrected chi connectivity index (χ2v) is 9.27. The van der Waals surface area contributed by atoms with Crippen LogP contribution in [-0.2, 0) is 20.5 Å². The van der Waals surface area contributed by atoms with Crippen molar-refractivity contribution in [2.24, 2.45) is 0 Å². The molecular weight excluding hydrogens is 426 g/mol. The van der Waals surface area contributed by atoms with Crippen LogP contribution in [0.4, 0.5) is 5.13 Å². The Hall–Kier alpha value is -2.69. The molecule has 30 heavy (non-hydrogen) atoms. The monoisotopic (exact) mass is 446 g/mol. The van der Waals surface area contributed by atoms with Gasteiger partial charge in [-0.05, 0) is 42.7 Å². The van der Waals surface area contributed by atoms with Gasteiger partial charge in [-0.25, -0.2) is 13.4 Å². The van der Waals surface area contributed by atoms with Crippen molar-refractivity contribution in [3.05, 3.63) is 54.1 Å². The van der Waals surface area contributed by atoms with Crippen molar-refractivity contribution in [3.63, 3.8) is 0 Å². The van der Waals surface area contributed by atoms with E-state index in [1.165, 1.54) is 7.11 Å². The van der Waals surface area contributed by atoms with E-state index in [4.69, 9.17) is 4.74 Å². The van der Waals surface area contributed by atoms with Crippen molar-refractivity contribution in [1.29, 1.82) is 0 Å². The Morgan fingerprint density at radius 1 is 1.20 bits per heavy atom. The summed E-state index contributed by atoms with van der Waals surface area (Å²) in [5.74, 6) is -0.257. The predicted molar refractivity (Wildman–Crippen MR) is 114 cm³/mol. The summed E-state index contributed by atoms with van der Waals surface area (Å²) in [6.45, 7) is 0.979. The molecule has 1 N–H and O–H groups in total. The number of hydrogen-bond donors (Lipinski definition) is 1. The molecule has 3 aromatic rings. The van der Waals surface area contributed by atoms with Gasteiger partial charge >= 0.3 is 0 Å². The number of amides is 1. The van der Waals surface area contributed by atoms with Gasteiger partial charge in [-0.2, -0.15) is 0 Å². The zero-order valence-corrected chi connectivity index (χ0v) is 17.8. The number of rotatable bonds is 5. The molecule has 0 atom stereocenters. The van der Waals surface area contributed by atoms with E-state index < -0.39 is 21.6 Å². The van der Waals surface area contributed by atoms with Crippen molar-refractivity contribution >= 4 is 42.9 Å². The van der Waals surface area contributed by atoms with Gasteiger partial charge in [0.05, 0.1) is 22.7 Å². The second kappa shape index (κ2) is 7.86. The van der Waals surface area contributed by atoms with Crippen LogP contribution in [0.3, 0.4) is 0 Å². The number of fused-ring (bicyclic) bond motifs is 1. The van der Waals surface area contributed by atoms with Gasteiger partial charge in [0.1, 0.15) is 5.75 Å². The highest BCUT2D eigenvalue weighted by Gasteiger charge is 2.44. The van der Waals surface area contributed by atoms with E-state index >= 15 is 0 Å². The zero-order valence-electron chi connectivity index (χ0n) is 16.2. The summed E-state index contributed by atoms with van der Waals surface area (Å²) in [5.41, 5.74) is 0.378. The van der Waals surface area contributed by atoms with Gasteiger partial charge in [-0.1, -0.05) is 35.6 Å². The molecule has 1 saturated heterocycles. The maximum absolute atomic E-state index is 13.0. The quantitative estimate of drug-likeness (QED) is 0.599. The molecule has 1 amide bonds. The van der Waals surface area contributed by atoms with Gasteiger partial charge in [0, 0.05) is 13.1 Å². The molecule has 0 radical (unpaired) electrons. The first-order valence-electron chi connectivity index (χ1n) is 9.34. The molecule has 1 fully saturated rings. The van der Waals surface area contributed by atoms with Crippen molar-refractivity contribution < 1.29 is 22.5 Å². The van der Waals surface area contributed by atoms with Crippen LogP contribution in [0.15, 0.2) is 48.5 Å². The first kappa shape index (κ1) is 20.6. The molecule has 0 spiro atoms. The molecule has 1 aromatic heterocycles. The number of methoxy groups -OCH3 is 1. The minimum absolute atomic E-state index is 0.331. The highest BCUT2D eigenvalue weighted by molar-refractivity contribution is 7.84. The van der Waals surface area contributed by atoms with Crippen LogP contribution in [0.5, 0.6) is 5.75 Å². The molecule has 1 aliphatic heterocycles. The molecular formula is C20H20N3O5S2-. The van der Waals surface area contributed by atoms with E-state index in [0.717, 1.165) is 15.3 Å². The van der Waals surface area contributed by atoms with Crippen LogP contribution >= 0.6 is 11.3 Å². The minimum atomic E-state index is -4.92. The number of nitrogens with zero attached hydrogens (tertiary/aromatic N) is 2. The highest BCUT2D eigenvalue weighted by Crippen LogP contribution is 2.40. The third-order valence-electron chi connectivity index (χ3n) is 5.44. The number of hydrogen-bond acceptors (Lipinski definition) is 8. The number of carbonyl (C=O) groups excluding carboxylic acids is 1. The Balaban J connectivity index is 1.65. The number of ether oxygens (including phenoxy) is 1. The normalized spacial score (nSPS) is 16.4. The number of benzene rings is 2. The van der Waals surface area contributed by atoms with E-state index in [9.17, 15) is 17.8 Å². The van der Waals surface area contributed by atoms with Gasteiger partial charge < -0.3 is 14.2 Å². The second-order valence-electron chi connectivity index (χ2n) is 7.15. The molecule has 2 heterocycles. The molecule has 2 aromatic carbocycles. The third-order valence-corrected chi connectivity index (χ3v) is 6.98. The van der Waals surface area contributed by atoms with E-state index in [2.05, 4.69) is 9.88 Å². The maximum Gasteiger partial charge on any atom is 0.243 e. The Bertz CT molecular complexity index is 1150. The molecule has 0 unspecified atom stereocenters. The van der Waals surface area contributed by atoms with Crippen molar-refractivity contribution in [3.8, 4) is 5.75 Å². The maximum atomic E-state index is 13.0. The lowest BCUT2D eigenvalue weighted by Crippen LogP contribution is -2.53. The minimum Gasteiger partial charge on any atom is -0.731 e. The van der Waals surface area contributed by atoms with Gasteiger partial charge in [-0.15, -0.1) is 0 Å². The van der Waals surface area contributed by atoms with E-state index in [1.807, 2.05) is 24.3 Å². The van der Waals surface area contributed by atoms with Crippen molar-refractivity contribution in [2.45, 2.75) is 18.3 Å². The Morgan fingerprint density at radius 2 is 1.93 bits per heavy atom. The molecule has 0 bridgehead atoms. The average Bonchev–Trinajstić information content (AvgIpc) is 3.17. The third kappa shape index (κ3) is 3.98. The summed E-state index contributed by atoms with van der Waals surface area (Å²) in [4.78, 5) is 19.7. The van der Waals surface area contributed by atoms with Crippen LogP contribution in [0, 0.1) is 0 Å². The number of piperidine rings is 1. The fourth-order valence-corrected chi connectivity index (χ4v) is 5.29. The fourth-order valence-electron chi connectivity index (χ4n) is 3.85. The molecule has 158 valence electrons.